The molecule has 1 aromatic heterocycles. The largest absolute Gasteiger partial charge is 0.468 e. The molecule has 0 radical (unpaired) electrons. The molecule has 1 fully saturated rings. The van der Waals surface area contributed by atoms with Crippen LogP contribution in [0.5, 0.6) is 0 Å². The van der Waals surface area contributed by atoms with Crippen LogP contribution in [0, 0.1) is 0 Å². The number of ether oxygens (including phenoxy) is 1. The molecule has 1 saturated heterocycles. The molecule has 72 valence electrons. The molecule has 1 N–H and O–H groups in total. The van der Waals surface area contributed by atoms with E-state index in [4.69, 9.17) is 9.15 Å². The molecule has 2 rings (SSSR count). The number of nitrogens with one attached hydrogen (secondary N) is 1. The van der Waals surface area contributed by atoms with E-state index in [2.05, 4.69) is 12.2 Å². The molecule has 2 atom stereocenters. The monoisotopic (exact) mass is 181 g/mol. The molecule has 0 saturated carbocycles. The minimum atomic E-state index is 0.279. The Morgan fingerprint density at radius 1 is 1.62 bits per heavy atom. The average molecular weight is 181 g/mol. The van der Waals surface area contributed by atoms with Crippen molar-refractivity contribution in [3.05, 3.63) is 24.2 Å². The van der Waals surface area contributed by atoms with Crippen molar-refractivity contribution in [1.82, 2.24) is 5.32 Å². The second-order valence-corrected chi connectivity index (χ2v) is 3.46. The summed E-state index contributed by atoms with van der Waals surface area (Å²) in [6, 6.07) is 4.67. The first kappa shape index (κ1) is 8.78. The predicted octanol–water partition coefficient (Wildman–Crippen LogP) is 1.72. The highest BCUT2D eigenvalue weighted by Crippen LogP contribution is 2.15. The van der Waals surface area contributed by atoms with Crippen molar-refractivity contribution in [2.24, 2.45) is 0 Å². The summed E-state index contributed by atoms with van der Waals surface area (Å²) in [5.41, 5.74) is 0. The fourth-order valence-corrected chi connectivity index (χ4v) is 1.64. The zero-order valence-electron chi connectivity index (χ0n) is 7.82. The number of furan rings is 1. The molecule has 13 heavy (non-hydrogen) atoms. The number of hydrogen-bond donors (Lipinski definition) is 1. The van der Waals surface area contributed by atoms with Crippen molar-refractivity contribution in [2.45, 2.75) is 25.4 Å². The molecular formula is C10H15NO2. The van der Waals surface area contributed by atoms with E-state index in [-0.39, 0.29) is 6.04 Å². The van der Waals surface area contributed by atoms with E-state index in [9.17, 15) is 0 Å². The summed E-state index contributed by atoms with van der Waals surface area (Å²) in [6.45, 7) is 3.81. The van der Waals surface area contributed by atoms with Crippen molar-refractivity contribution in [3.63, 3.8) is 0 Å². The maximum Gasteiger partial charge on any atom is 0.120 e. The number of rotatable bonds is 3. The van der Waals surface area contributed by atoms with Gasteiger partial charge in [0.1, 0.15) is 5.76 Å². The van der Waals surface area contributed by atoms with E-state index in [0.717, 1.165) is 25.4 Å². The quantitative estimate of drug-likeness (QED) is 0.771. The molecule has 1 aromatic rings. The smallest absolute Gasteiger partial charge is 0.120 e. The second-order valence-electron chi connectivity index (χ2n) is 3.46. The van der Waals surface area contributed by atoms with Gasteiger partial charge in [0.05, 0.1) is 18.9 Å². The molecule has 1 unspecified atom stereocenters. The molecule has 0 spiro atoms. The minimum Gasteiger partial charge on any atom is -0.468 e. The Balaban J connectivity index is 1.87. The highest BCUT2D eigenvalue weighted by Gasteiger charge is 2.18. The number of hydrogen-bond acceptors (Lipinski definition) is 3. The van der Waals surface area contributed by atoms with E-state index < -0.39 is 0 Å². The van der Waals surface area contributed by atoms with Gasteiger partial charge < -0.3 is 14.5 Å². The lowest BCUT2D eigenvalue weighted by Gasteiger charge is -2.15. The molecule has 1 aliphatic rings. The van der Waals surface area contributed by atoms with Gasteiger partial charge in [0.25, 0.3) is 0 Å². The van der Waals surface area contributed by atoms with Crippen LogP contribution in [0.1, 0.15) is 25.1 Å². The Morgan fingerprint density at radius 3 is 3.15 bits per heavy atom. The van der Waals surface area contributed by atoms with Crippen LogP contribution in [0.4, 0.5) is 0 Å². The maximum atomic E-state index is 5.30. The van der Waals surface area contributed by atoms with Crippen LogP contribution in [0.15, 0.2) is 22.8 Å². The third-order valence-electron chi connectivity index (χ3n) is 2.39. The molecule has 0 aromatic carbocycles. The van der Waals surface area contributed by atoms with Gasteiger partial charge in [-0.3, -0.25) is 0 Å². The Morgan fingerprint density at radius 2 is 2.54 bits per heavy atom. The first-order chi connectivity index (χ1) is 6.36. The SMILES string of the molecule is C[C@@H](NC1CCOC1)c1ccco1. The van der Waals surface area contributed by atoms with Crippen LogP contribution in [0.25, 0.3) is 0 Å². The van der Waals surface area contributed by atoms with Gasteiger partial charge >= 0.3 is 0 Å². The fraction of sp³-hybridized carbons (Fsp3) is 0.600. The van der Waals surface area contributed by atoms with Crippen molar-refractivity contribution in [2.75, 3.05) is 13.2 Å². The summed E-state index contributed by atoms with van der Waals surface area (Å²) in [5, 5.41) is 3.46. The molecule has 2 heterocycles. The zero-order chi connectivity index (χ0) is 9.10. The molecule has 0 amide bonds. The van der Waals surface area contributed by atoms with Crippen LogP contribution >= 0.6 is 0 Å². The molecule has 1 aliphatic heterocycles. The van der Waals surface area contributed by atoms with Crippen LogP contribution in [0.3, 0.4) is 0 Å². The average Bonchev–Trinajstić information content (AvgIpc) is 2.74. The Kier molecular flexibility index (Phi) is 2.66. The lowest BCUT2D eigenvalue weighted by atomic mass is 10.2. The Bertz CT molecular complexity index is 239. The summed E-state index contributed by atoms with van der Waals surface area (Å²) >= 11 is 0. The zero-order valence-corrected chi connectivity index (χ0v) is 7.82. The first-order valence-electron chi connectivity index (χ1n) is 4.73. The van der Waals surface area contributed by atoms with E-state index in [1.54, 1.807) is 6.26 Å². The lowest BCUT2D eigenvalue weighted by Crippen LogP contribution is -2.31. The van der Waals surface area contributed by atoms with Gasteiger partial charge in [0, 0.05) is 12.6 Å². The third-order valence-corrected chi connectivity index (χ3v) is 2.39. The summed E-state index contributed by atoms with van der Waals surface area (Å²) in [7, 11) is 0. The standard InChI is InChI=1S/C10H15NO2/c1-8(10-3-2-5-13-10)11-9-4-6-12-7-9/h2-3,5,8-9,11H,4,6-7H2,1H3/t8-,9?/m1/s1. The van der Waals surface area contributed by atoms with Gasteiger partial charge in [-0.2, -0.15) is 0 Å². The lowest BCUT2D eigenvalue weighted by molar-refractivity contribution is 0.187. The Hall–Kier alpha value is -0.800. The topological polar surface area (TPSA) is 34.4 Å². The fourth-order valence-electron chi connectivity index (χ4n) is 1.64. The summed E-state index contributed by atoms with van der Waals surface area (Å²) in [6.07, 6.45) is 2.81. The molecule has 0 bridgehead atoms. The van der Waals surface area contributed by atoms with Gasteiger partial charge in [0.15, 0.2) is 0 Å². The van der Waals surface area contributed by atoms with E-state index >= 15 is 0 Å². The van der Waals surface area contributed by atoms with E-state index in [1.165, 1.54) is 0 Å². The predicted molar refractivity (Wildman–Crippen MR) is 49.5 cm³/mol. The van der Waals surface area contributed by atoms with Crippen molar-refractivity contribution in [1.29, 1.82) is 0 Å². The van der Waals surface area contributed by atoms with Gasteiger partial charge in [-0.05, 0) is 25.5 Å². The molecule has 0 aliphatic carbocycles. The first-order valence-corrected chi connectivity index (χ1v) is 4.73. The summed E-state index contributed by atoms with van der Waals surface area (Å²) in [5.74, 6) is 0.993. The highest BCUT2D eigenvalue weighted by atomic mass is 16.5. The molecular weight excluding hydrogens is 166 g/mol. The van der Waals surface area contributed by atoms with Crippen molar-refractivity contribution >= 4 is 0 Å². The van der Waals surface area contributed by atoms with Crippen molar-refractivity contribution in [3.8, 4) is 0 Å². The van der Waals surface area contributed by atoms with Crippen LogP contribution in [-0.2, 0) is 4.74 Å². The van der Waals surface area contributed by atoms with Gasteiger partial charge in [0.2, 0.25) is 0 Å². The summed E-state index contributed by atoms with van der Waals surface area (Å²) in [4.78, 5) is 0. The second kappa shape index (κ2) is 3.94. The molecule has 3 heteroatoms. The molecule has 3 nitrogen and oxygen atoms in total. The Labute approximate surface area is 78.1 Å². The van der Waals surface area contributed by atoms with Gasteiger partial charge in [-0.1, -0.05) is 0 Å². The van der Waals surface area contributed by atoms with Crippen LogP contribution < -0.4 is 5.32 Å². The van der Waals surface area contributed by atoms with Gasteiger partial charge in [-0.15, -0.1) is 0 Å². The summed E-state index contributed by atoms with van der Waals surface area (Å²) < 4.78 is 10.6. The van der Waals surface area contributed by atoms with E-state index in [1.807, 2.05) is 12.1 Å². The van der Waals surface area contributed by atoms with Gasteiger partial charge in [-0.25, -0.2) is 0 Å². The normalized spacial score (nSPS) is 24.8. The van der Waals surface area contributed by atoms with Crippen molar-refractivity contribution < 1.29 is 9.15 Å². The minimum absolute atomic E-state index is 0.279. The van der Waals surface area contributed by atoms with Crippen LogP contribution in [-0.4, -0.2) is 19.3 Å². The highest BCUT2D eigenvalue weighted by molar-refractivity contribution is 5.03. The van der Waals surface area contributed by atoms with E-state index in [0.29, 0.717) is 6.04 Å². The van der Waals surface area contributed by atoms with Crippen LogP contribution in [0.2, 0.25) is 0 Å². The third kappa shape index (κ3) is 2.11. The maximum absolute atomic E-state index is 5.30.